The van der Waals surface area contributed by atoms with E-state index >= 15 is 0 Å². The molecule has 2 fully saturated rings. The van der Waals surface area contributed by atoms with Crippen molar-refractivity contribution in [2.45, 2.75) is 38.6 Å². The summed E-state index contributed by atoms with van der Waals surface area (Å²) in [5.74, 6) is 2.26. The zero-order chi connectivity index (χ0) is 18.2. The zero-order valence-electron chi connectivity index (χ0n) is 15.0. The first kappa shape index (κ1) is 18.4. The Morgan fingerprint density at radius 1 is 1.36 bits per heavy atom. The van der Waals surface area contributed by atoms with Gasteiger partial charge in [0, 0.05) is 26.1 Å². The molecule has 0 aromatic carbocycles. The third kappa shape index (κ3) is 3.91. The monoisotopic (exact) mass is 370 g/mol. The lowest BCUT2D eigenvalue weighted by Gasteiger charge is -2.32. The number of piperidine rings is 1. The van der Waals surface area contributed by atoms with Gasteiger partial charge >= 0.3 is 5.97 Å². The van der Waals surface area contributed by atoms with Crippen molar-refractivity contribution < 1.29 is 22.4 Å². The van der Waals surface area contributed by atoms with Gasteiger partial charge in [0.05, 0.1) is 19.6 Å². The summed E-state index contributed by atoms with van der Waals surface area (Å²) < 4.78 is 38.8. The molecule has 7 nitrogen and oxygen atoms in total. The van der Waals surface area contributed by atoms with E-state index in [9.17, 15) is 13.2 Å². The Hall–Kier alpha value is -1.38. The Bertz CT molecular complexity index is 721. The Morgan fingerprint density at radius 2 is 2.00 bits per heavy atom. The Labute approximate surface area is 149 Å². The zero-order valence-corrected chi connectivity index (χ0v) is 15.8. The Morgan fingerprint density at radius 3 is 2.56 bits per heavy atom. The van der Waals surface area contributed by atoms with E-state index in [1.807, 2.05) is 12.1 Å². The summed E-state index contributed by atoms with van der Waals surface area (Å²) in [4.78, 5) is 11.6. The minimum Gasteiger partial charge on any atom is -0.469 e. The second kappa shape index (κ2) is 7.09. The van der Waals surface area contributed by atoms with Crippen molar-refractivity contribution in [1.29, 1.82) is 0 Å². The molecule has 2 heterocycles. The molecule has 8 heteroatoms. The van der Waals surface area contributed by atoms with Crippen LogP contribution in [0, 0.1) is 11.8 Å². The maximum absolute atomic E-state index is 12.7. The van der Waals surface area contributed by atoms with Crippen LogP contribution in [0.3, 0.4) is 0 Å². The van der Waals surface area contributed by atoms with Crippen molar-refractivity contribution in [2.24, 2.45) is 11.8 Å². The van der Waals surface area contributed by atoms with Gasteiger partial charge in [0.15, 0.2) is 0 Å². The highest BCUT2D eigenvalue weighted by atomic mass is 32.2. The second-order valence-corrected chi connectivity index (χ2v) is 9.12. The number of nitrogens with zero attached hydrogens (tertiary/aromatic N) is 2. The summed E-state index contributed by atoms with van der Waals surface area (Å²) in [6.07, 6.45) is 2.12. The van der Waals surface area contributed by atoms with Crippen molar-refractivity contribution in [1.82, 2.24) is 8.61 Å². The molecule has 25 heavy (non-hydrogen) atoms. The van der Waals surface area contributed by atoms with Crippen LogP contribution in [0.1, 0.15) is 43.6 Å². The molecule has 1 aromatic heterocycles. The van der Waals surface area contributed by atoms with Gasteiger partial charge in [-0.25, -0.2) is 0 Å². The molecule has 1 aromatic rings. The lowest BCUT2D eigenvalue weighted by molar-refractivity contribution is -0.146. The first-order chi connectivity index (χ1) is 11.8. The third-order valence-corrected chi connectivity index (χ3v) is 7.18. The molecule has 0 radical (unpaired) electrons. The van der Waals surface area contributed by atoms with E-state index in [2.05, 4.69) is 6.92 Å². The number of hydrogen-bond donors (Lipinski definition) is 0. The number of esters is 1. The van der Waals surface area contributed by atoms with Gasteiger partial charge in [0.25, 0.3) is 10.2 Å². The van der Waals surface area contributed by atoms with E-state index in [4.69, 9.17) is 9.15 Å². The van der Waals surface area contributed by atoms with Gasteiger partial charge < -0.3 is 9.15 Å². The maximum atomic E-state index is 12.7. The number of methoxy groups -OCH3 is 1. The summed E-state index contributed by atoms with van der Waals surface area (Å²) in [5, 5.41) is 0. The lowest BCUT2D eigenvalue weighted by atomic mass is 9.99. The molecule has 140 valence electrons. The predicted octanol–water partition coefficient (Wildman–Crippen LogP) is 1.96. The highest BCUT2D eigenvalue weighted by Gasteiger charge is 2.37. The van der Waals surface area contributed by atoms with E-state index in [-0.39, 0.29) is 18.4 Å². The first-order valence-corrected chi connectivity index (χ1v) is 10.1. The molecule has 3 rings (SSSR count). The third-order valence-electron chi connectivity index (χ3n) is 5.24. The predicted molar refractivity (Wildman–Crippen MR) is 91.9 cm³/mol. The fraction of sp³-hybridized carbons (Fsp3) is 0.706. The van der Waals surface area contributed by atoms with Crippen LogP contribution in [-0.2, 0) is 26.3 Å². The fourth-order valence-corrected chi connectivity index (χ4v) is 4.74. The van der Waals surface area contributed by atoms with Gasteiger partial charge in [0.2, 0.25) is 0 Å². The molecule has 0 N–H and O–H groups in total. The van der Waals surface area contributed by atoms with Crippen molar-refractivity contribution in [2.75, 3.05) is 27.2 Å². The van der Waals surface area contributed by atoms with Gasteiger partial charge in [-0.05, 0) is 37.3 Å². The van der Waals surface area contributed by atoms with Crippen molar-refractivity contribution >= 4 is 16.2 Å². The smallest absolute Gasteiger partial charge is 0.308 e. The van der Waals surface area contributed by atoms with Crippen LogP contribution in [0.2, 0.25) is 0 Å². The summed E-state index contributed by atoms with van der Waals surface area (Å²) in [7, 11) is -0.648. The number of hydrogen-bond acceptors (Lipinski definition) is 5. The largest absolute Gasteiger partial charge is 0.469 e. The lowest BCUT2D eigenvalue weighted by Crippen LogP contribution is -2.46. The topological polar surface area (TPSA) is 80.1 Å². The SMILES string of the molecule is COC(=O)C1CCN(S(=O)(=O)N(C)Cc2ccc([C@@H]3C[C@H]3C)o2)CC1. The molecule has 2 atom stereocenters. The molecule has 0 spiro atoms. The van der Waals surface area contributed by atoms with Crippen molar-refractivity contribution in [3.8, 4) is 0 Å². The Kier molecular flexibility index (Phi) is 5.22. The van der Waals surface area contributed by atoms with E-state index < -0.39 is 10.2 Å². The molecular weight excluding hydrogens is 344 g/mol. The van der Waals surface area contributed by atoms with E-state index in [1.54, 1.807) is 7.05 Å². The second-order valence-electron chi connectivity index (χ2n) is 7.08. The summed E-state index contributed by atoms with van der Waals surface area (Å²) in [5.41, 5.74) is 0. The molecule has 0 amide bonds. The number of carbonyl (C=O) groups excluding carboxylic acids is 1. The highest BCUT2D eigenvalue weighted by Crippen LogP contribution is 2.47. The molecule has 0 bridgehead atoms. The van der Waals surface area contributed by atoms with Crippen molar-refractivity contribution in [3.63, 3.8) is 0 Å². The highest BCUT2D eigenvalue weighted by molar-refractivity contribution is 7.86. The van der Waals surface area contributed by atoms with Gasteiger partial charge in [-0.15, -0.1) is 0 Å². The number of carbonyl (C=O) groups is 1. The molecule has 1 aliphatic carbocycles. The quantitative estimate of drug-likeness (QED) is 0.715. The molecule has 1 saturated carbocycles. The normalized spacial score (nSPS) is 25.3. The Balaban J connectivity index is 1.58. The summed E-state index contributed by atoms with van der Waals surface area (Å²) in [6, 6.07) is 3.81. The van der Waals surface area contributed by atoms with Gasteiger partial charge in [0.1, 0.15) is 11.5 Å². The van der Waals surface area contributed by atoms with E-state index in [0.29, 0.717) is 43.5 Å². The van der Waals surface area contributed by atoms with Crippen LogP contribution >= 0.6 is 0 Å². The molecule has 2 aliphatic rings. The van der Waals surface area contributed by atoms with E-state index in [1.165, 1.54) is 15.7 Å². The number of furan rings is 1. The standard InChI is InChI=1S/C17H26N2O5S/c1-12-10-15(12)16-5-4-14(24-16)11-18(2)25(21,22)19-8-6-13(7-9-19)17(20)23-3/h4-5,12-13,15H,6-11H2,1-3H3/t12-,15-/m1/s1. The fourth-order valence-electron chi connectivity index (χ4n) is 3.38. The van der Waals surface area contributed by atoms with Crippen LogP contribution in [0.15, 0.2) is 16.5 Å². The van der Waals surface area contributed by atoms with Crippen LogP contribution in [0.25, 0.3) is 0 Å². The van der Waals surface area contributed by atoms with E-state index in [0.717, 1.165) is 12.2 Å². The molecule has 1 aliphatic heterocycles. The maximum Gasteiger partial charge on any atom is 0.308 e. The first-order valence-electron chi connectivity index (χ1n) is 8.70. The van der Waals surface area contributed by atoms with Crippen LogP contribution < -0.4 is 0 Å². The molecule has 0 unspecified atom stereocenters. The van der Waals surface area contributed by atoms with Crippen molar-refractivity contribution in [3.05, 3.63) is 23.7 Å². The molecule has 1 saturated heterocycles. The summed E-state index contributed by atoms with van der Waals surface area (Å²) >= 11 is 0. The van der Waals surface area contributed by atoms with Crippen LogP contribution in [0.4, 0.5) is 0 Å². The molecular formula is C17H26N2O5S. The van der Waals surface area contributed by atoms with Crippen LogP contribution in [0.5, 0.6) is 0 Å². The van der Waals surface area contributed by atoms with Gasteiger partial charge in [-0.1, -0.05) is 6.92 Å². The average molecular weight is 370 g/mol. The minimum absolute atomic E-state index is 0.209. The summed E-state index contributed by atoms with van der Waals surface area (Å²) in [6.45, 7) is 3.05. The van der Waals surface area contributed by atoms with Gasteiger partial charge in [-0.3, -0.25) is 4.79 Å². The average Bonchev–Trinajstić information content (AvgIpc) is 3.15. The number of ether oxygens (including phenoxy) is 1. The van der Waals surface area contributed by atoms with Crippen LogP contribution in [-0.4, -0.2) is 50.2 Å². The minimum atomic E-state index is -3.57. The van der Waals surface area contributed by atoms with Gasteiger partial charge in [-0.2, -0.15) is 17.0 Å². The number of rotatable bonds is 6.